The summed E-state index contributed by atoms with van der Waals surface area (Å²) in [4.78, 5) is 2.35. The Morgan fingerprint density at radius 1 is 1.25 bits per heavy atom. The van der Waals surface area contributed by atoms with Crippen molar-refractivity contribution in [2.24, 2.45) is 0 Å². The van der Waals surface area contributed by atoms with Crippen LogP contribution >= 0.6 is 0 Å². The molecule has 66 valence electrons. The van der Waals surface area contributed by atoms with E-state index < -0.39 is 0 Å². The van der Waals surface area contributed by atoms with Gasteiger partial charge in [-0.3, -0.25) is 0 Å². The minimum atomic E-state index is 0.643. The molecule has 12 heavy (non-hydrogen) atoms. The van der Waals surface area contributed by atoms with Crippen LogP contribution in [0.15, 0.2) is 12.3 Å². The number of hydrogen-bond acceptors (Lipinski definition) is 2. The second-order valence-electron chi connectivity index (χ2n) is 3.18. The predicted molar refractivity (Wildman–Crippen MR) is 49.4 cm³/mol. The molecule has 2 nitrogen and oxygen atoms in total. The molecule has 1 heterocycles. The fraction of sp³-hybridized carbons (Fsp3) is 0.700. The molecule has 0 N–H and O–H groups in total. The van der Waals surface area contributed by atoms with Crippen molar-refractivity contribution in [2.45, 2.75) is 32.1 Å². The Balaban J connectivity index is 2.12. The lowest BCUT2D eigenvalue weighted by Gasteiger charge is -2.24. The van der Waals surface area contributed by atoms with Crippen molar-refractivity contribution >= 4 is 0 Å². The maximum atomic E-state index is 8.31. The van der Waals surface area contributed by atoms with E-state index >= 15 is 0 Å². The van der Waals surface area contributed by atoms with Crippen molar-refractivity contribution in [1.29, 1.82) is 5.26 Å². The molecule has 0 spiro atoms. The van der Waals surface area contributed by atoms with E-state index in [9.17, 15) is 0 Å². The largest absolute Gasteiger partial charge is 0.378 e. The van der Waals surface area contributed by atoms with Gasteiger partial charge in [0, 0.05) is 19.5 Å². The van der Waals surface area contributed by atoms with Gasteiger partial charge in [0.1, 0.15) is 0 Å². The summed E-state index contributed by atoms with van der Waals surface area (Å²) in [6.45, 7) is 2.39. The number of likely N-dealkylation sites (tertiary alicyclic amines) is 1. The first kappa shape index (κ1) is 9.12. The monoisotopic (exact) mass is 164 g/mol. The van der Waals surface area contributed by atoms with Gasteiger partial charge in [-0.1, -0.05) is 6.08 Å². The topological polar surface area (TPSA) is 27.0 Å². The van der Waals surface area contributed by atoms with Crippen molar-refractivity contribution in [2.75, 3.05) is 13.1 Å². The lowest BCUT2D eigenvalue weighted by atomic mass is 10.1. The standard InChI is InChI=1S/C10H16N2/c11-7-3-1-4-8-12-9-5-2-6-10-12/h4,8H,1-3,5-6,9-10H2. The Morgan fingerprint density at radius 3 is 2.67 bits per heavy atom. The van der Waals surface area contributed by atoms with Crippen LogP contribution in [-0.4, -0.2) is 18.0 Å². The maximum Gasteiger partial charge on any atom is 0.0625 e. The van der Waals surface area contributed by atoms with Crippen LogP contribution in [0.5, 0.6) is 0 Å². The Hall–Kier alpha value is -0.970. The van der Waals surface area contributed by atoms with Crippen molar-refractivity contribution in [1.82, 2.24) is 4.90 Å². The second-order valence-corrected chi connectivity index (χ2v) is 3.18. The molecule has 0 unspecified atom stereocenters. The van der Waals surface area contributed by atoms with Gasteiger partial charge in [0.15, 0.2) is 0 Å². The Labute approximate surface area is 74.5 Å². The molecule has 1 saturated heterocycles. The first-order chi connectivity index (χ1) is 5.93. The van der Waals surface area contributed by atoms with E-state index in [0.29, 0.717) is 6.42 Å². The van der Waals surface area contributed by atoms with Gasteiger partial charge in [-0.2, -0.15) is 5.26 Å². The van der Waals surface area contributed by atoms with Gasteiger partial charge < -0.3 is 4.90 Å². The molecule has 1 aliphatic heterocycles. The zero-order chi connectivity index (χ0) is 8.65. The average molecular weight is 164 g/mol. The molecule has 2 heteroatoms. The maximum absolute atomic E-state index is 8.31. The van der Waals surface area contributed by atoms with Crippen LogP contribution in [0.4, 0.5) is 0 Å². The van der Waals surface area contributed by atoms with Crippen molar-refractivity contribution in [3.8, 4) is 6.07 Å². The summed E-state index contributed by atoms with van der Waals surface area (Å²) in [5, 5.41) is 8.31. The van der Waals surface area contributed by atoms with E-state index in [0.717, 1.165) is 6.42 Å². The van der Waals surface area contributed by atoms with E-state index in [4.69, 9.17) is 5.26 Å². The van der Waals surface area contributed by atoms with Gasteiger partial charge in [-0.15, -0.1) is 0 Å². The third-order valence-corrected chi connectivity index (χ3v) is 2.13. The third-order valence-electron chi connectivity index (χ3n) is 2.13. The van der Waals surface area contributed by atoms with Crippen LogP contribution in [0.2, 0.25) is 0 Å². The van der Waals surface area contributed by atoms with Gasteiger partial charge in [0.05, 0.1) is 6.07 Å². The van der Waals surface area contributed by atoms with Crippen LogP contribution in [0, 0.1) is 11.3 Å². The number of nitrogens with zero attached hydrogens (tertiary/aromatic N) is 2. The predicted octanol–water partition coefficient (Wildman–Crippen LogP) is 2.29. The number of piperidine rings is 1. The smallest absolute Gasteiger partial charge is 0.0625 e. The lowest BCUT2D eigenvalue weighted by Crippen LogP contribution is -2.23. The van der Waals surface area contributed by atoms with Crippen molar-refractivity contribution in [3.63, 3.8) is 0 Å². The molecule has 0 aromatic heterocycles. The minimum Gasteiger partial charge on any atom is -0.378 e. The summed E-state index contributed by atoms with van der Waals surface area (Å²) in [7, 11) is 0. The minimum absolute atomic E-state index is 0.643. The van der Waals surface area contributed by atoms with Crippen LogP contribution in [0.3, 0.4) is 0 Å². The number of unbranched alkanes of at least 4 members (excludes halogenated alkanes) is 1. The molecule has 0 atom stereocenters. The summed E-state index contributed by atoms with van der Waals surface area (Å²) in [5.74, 6) is 0. The quantitative estimate of drug-likeness (QED) is 0.598. The van der Waals surface area contributed by atoms with E-state index in [1.165, 1.54) is 32.4 Å². The zero-order valence-electron chi connectivity index (χ0n) is 7.50. The summed E-state index contributed by atoms with van der Waals surface area (Å²) >= 11 is 0. The highest BCUT2D eigenvalue weighted by Crippen LogP contribution is 2.08. The number of nitriles is 1. The zero-order valence-corrected chi connectivity index (χ0v) is 7.50. The summed E-state index contributed by atoms with van der Waals surface area (Å²) in [6.07, 6.45) is 9.82. The van der Waals surface area contributed by atoms with Gasteiger partial charge in [-0.25, -0.2) is 0 Å². The van der Waals surface area contributed by atoms with E-state index in [-0.39, 0.29) is 0 Å². The lowest BCUT2D eigenvalue weighted by molar-refractivity contribution is 0.309. The molecular formula is C10H16N2. The SMILES string of the molecule is N#CCCC=CN1CCCCC1. The van der Waals surface area contributed by atoms with Gasteiger partial charge in [-0.05, 0) is 31.9 Å². The summed E-state index contributed by atoms with van der Waals surface area (Å²) in [6, 6.07) is 2.14. The van der Waals surface area contributed by atoms with Crippen LogP contribution in [0.25, 0.3) is 0 Å². The molecule has 0 radical (unpaired) electrons. The van der Waals surface area contributed by atoms with Crippen molar-refractivity contribution in [3.05, 3.63) is 12.3 Å². The van der Waals surface area contributed by atoms with E-state index in [2.05, 4.69) is 23.2 Å². The molecule has 1 rings (SSSR count). The van der Waals surface area contributed by atoms with E-state index in [1.807, 2.05) is 0 Å². The molecular weight excluding hydrogens is 148 g/mol. The summed E-state index contributed by atoms with van der Waals surface area (Å²) in [5.41, 5.74) is 0. The molecule has 1 aliphatic rings. The van der Waals surface area contributed by atoms with Crippen LogP contribution in [0.1, 0.15) is 32.1 Å². The molecule has 0 aromatic rings. The van der Waals surface area contributed by atoms with Gasteiger partial charge >= 0.3 is 0 Å². The first-order valence-corrected chi connectivity index (χ1v) is 4.71. The fourth-order valence-electron chi connectivity index (χ4n) is 1.44. The fourth-order valence-corrected chi connectivity index (χ4v) is 1.44. The van der Waals surface area contributed by atoms with E-state index in [1.54, 1.807) is 0 Å². The normalized spacial score (nSPS) is 18.1. The molecule has 0 saturated carbocycles. The van der Waals surface area contributed by atoms with Gasteiger partial charge in [0.25, 0.3) is 0 Å². The third kappa shape index (κ3) is 3.43. The molecule has 1 fully saturated rings. The number of rotatable bonds is 3. The number of hydrogen-bond donors (Lipinski definition) is 0. The van der Waals surface area contributed by atoms with Crippen LogP contribution in [-0.2, 0) is 0 Å². The molecule has 0 aromatic carbocycles. The highest BCUT2D eigenvalue weighted by atomic mass is 15.1. The Bertz CT molecular complexity index is 173. The Kier molecular flexibility index (Phi) is 4.30. The molecule has 0 bridgehead atoms. The first-order valence-electron chi connectivity index (χ1n) is 4.71. The highest BCUT2D eigenvalue weighted by Gasteiger charge is 2.04. The molecule has 0 aliphatic carbocycles. The second kappa shape index (κ2) is 5.65. The summed E-state index contributed by atoms with van der Waals surface area (Å²) < 4.78 is 0. The average Bonchev–Trinajstić information content (AvgIpc) is 2.14. The Morgan fingerprint density at radius 2 is 2.00 bits per heavy atom. The van der Waals surface area contributed by atoms with Crippen molar-refractivity contribution < 1.29 is 0 Å². The van der Waals surface area contributed by atoms with Gasteiger partial charge in [0.2, 0.25) is 0 Å². The molecule has 0 amide bonds. The number of allylic oxidation sites excluding steroid dienone is 1. The highest BCUT2D eigenvalue weighted by molar-refractivity contribution is 4.86. The van der Waals surface area contributed by atoms with Crippen LogP contribution < -0.4 is 0 Å².